The SMILES string of the molecule is Nc1ccccc1C(=O)NCCCCCCOC(=O)c1ccccc1C(=O)Nc1ccn([C@@H]2O[C@H](CO)[C@@H](O)[C@@H]2O)c(=O)n1. The van der Waals surface area contributed by atoms with Gasteiger partial charge >= 0.3 is 11.7 Å². The molecule has 0 saturated carbocycles. The first-order valence-electron chi connectivity index (χ1n) is 14.1. The Morgan fingerprint density at radius 2 is 1.59 bits per heavy atom. The molecule has 0 bridgehead atoms. The Morgan fingerprint density at radius 1 is 0.909 bits per heavy atom. The van der Waals surface area contributed by atoms with Crippen LogP contribution in [0, 0.1) is 0 Å². The molecule has 1 aliphatic heterocycles. The maximum absolute atomic E-state index is 13.0. The summed E-state index contributed by atoms with van der Waals surface area (Å²) in [6.45, 7) is 0.0749. The summed E-state index contributed by atoms with van der Waals surface area (Å²) in [5.41, 5.74) is 5.84. The van der Waals surface area contributed by atoms with E-state index in [4.69, 9.17) is 15.2 Å². The Labute approximate surface area is 252 Å². The second kappa shape index (κ2) is 15.2. The van der Waals surface area contributed by atoms with Crippen LogP contribution in [0.3, 0.4) is 0 Å². The first-order chi connectivity index (χ1) is 21.2. The summed E-state index contributed by atoms with van der Waals surface area (Å²) in [5, 5.41) is 34.7. The quantitative estimate of drug-likeness (QED) is 0.0907. The number of aromatic nitrogens is 2. The molecule has 0 spiro atoms. The van der Waals surface area contributed by atoms with Gasteiger partial charge in [0.25, 0.3) is 11.8 Å². The molecule has 14 heteroatoms. The smallest absolute Gasteiger partial charge is 0.351 e. The van der Waals surface area contributed by atoms with Crippen molar-refractivity contribution >= 4 is 29.3 Å². The van der Waals surface area contributed by atoms with Gasteiger partial charge in [0, 0.05) is 18.4 Å². The maximum Gasteiger partial charge on any atom is 0.351 e. The molecule has 7 N–H and O–H groups in total. The zero-order valence-electron chi connectivity index (χ0n) is 23.8. The van der Waals surface area contributed by atoms with Gasteiger partial charge in [0.1, 0.15) is 24.1 Å². The van der Waals surface area contributed by atoms with E-state index in [-0.39, 0.29) is 29.5 Å². The van der Waals surface area contributed by atoms with Crippen LogP contribution in [0.4, 0.5) is 11.5 Å². The molecule has 3 aromatic rings. The van der Waals surface area contributed by atoms with Crippen LogP contribution in [0.1, 0.15) is 63.0 Å². The Bertz CT molecular complexity index is 1530. The highest BCUT2D eigenvalue weighted by Crippen LogP contribution is 2.28. The van der Waals surface area contributed by atoms with Gasteiger partial charge in [-0.2, -0.15) is 4.98 Å². The monoisotopic (exact) mass is 609 g/mol. The zero-order chi connectivity index (χ0) is 31.6. The van der Waals surface area contributed by atoms with E-state index in [9.17, 15) is 34.5 Å². The zero-order valence-corrected chi connectivity index (χ0v) is 23.8. The van der Waals surface area contributed by atoms with Gasteiger partial charge in [-0.15, -0.1) is 0 Å². The molecule has 2 amide bonds. The molecule has 0 radical (unpaired) electrons. The molecule has 44 heavy (non-hydrogen) atoms. The van der Waals surface area contributed by atoms with E-state index in [0.717, 1.165) is 23.8 Å². The number of hydrogen-bond acceptors (Lipinski definition) is 11. The lowest BCUT2D eigenvalue weighted by Crippen LogP contribution is -2.36. The molecule has 4 rings (SSSR count). The van der Waals surface area contributed by atoms with Crippen LogP contribution in [0.15, 0.2) is 65.6 Å². The highest BCUT2D eigenvalue weighted by atomic mass is 16.6. The molecule has 1 aromatic heterocycles. The fourth-order valence-corrected chi connectivity index (χ4v) is 4.65. The number of hydrogen-bond donors (Lipinski definition) is 6. The highest BCUT2D eigenvalue weighted by Gasteiger charge is 2.43. The van der Waals surface area contributed by atoms with Gasteiger partial charge in [0.15, 0.2) is 6.23 Å². The Balaban J connectivity index is 1.23. The van der Waals surface area contributed by atoms with Gasteiger partial charge in [-0.25, -0.2) is 9.59 Å². The summed E-state index contributed by atoms with van der Waals surface area (Å²) in [5.74, 6) is -1.73. The predicted octanol–water partition coefficient (Wildman–Crippen LogP) is 0.836. The van der Waals surface area contributed by atoms with Crippen molar-refractivity contribution in [2.24, 2.45) is 0 Å². The van der Waals surface area contributed by atoms with Gasteiger partial charge in [0.2, 0.25) is 0 Å². The fourth-order valence-electron chi connectivity index (χ4n) is 4.65. The number of nitrogens with two attached hydrogens (primary N) is 1. The molecular formula is C30H35N5O9. The molecule has 2 aromatic carbocycles. The lowest BCUT2D eigenvalue weighted by atomic mass is 10.1. The number of ether oxygens (including phenoxy) is 2. The third kappa shape index (κ3) is 7.85. The first kappa shape index (κ1) is 32.3. The van der Waals surface area contributed by atoms with Crippen molar-refractivity contribution in [3.8, 4) is 0 Å². The number of carbonyl (C=O) groups excluding carboxylic acids is 3. The molecule has 0 aliphatic carbocycles. The number of para-hydroxylation sites is 1. The van der Waals surface area contributed by atoms with Crippen LogP contribution < -0.4 is 22.1 Å². The van der Waals surface area contributed by atoms with Crippen LogP contribution >= 0.6 is 0 Å². The summed E-state index contributed by atoms with van der Waals surface area (Å²) in [4.78, 5) is 54.2. The van der Waals surface area contributed by atoms with E-state index >= 15 is 0 Å². The van der Waals surface area contributed by atoms with Crippen molar-refractivity contribution in [3.05, 3.63) is 88.0 Å². The Hall–Kier alpha value is -4.63. The number of nitrogen functional groups attached to an aromatic ring is 1. The number of rotatable bonds is 13. The molecule has 4 atom stereocenters. The van der Waals surface area contributed by atoms with E-state index in [0.29, 0.717) is 24.2 Å². The van der Waals surface area contributed by atoms with E-state index < -0.39 is 48.7 Å². The standard InChI is InChI=1S/C30H35N5O9/c31-21-12-6-5-11-20(21)26(39)32-14-7-1-2-8-16-43-29(41)19-10-4-3-9-18(19)27(40)33-23-13-15-35(30(42)34-23)28-25(38)24(37)22(17-36)44-28/h3-6,9-13,15,22,24-25,28,36-38H,1-2,7-8,14,16-17,31H2,(H,32,39)(H,33,34,40,42)/t22-,24-,25+,28-/m1/s1. The van der Waals surface area contributed by atoms with Crippen molar-refractivity contribution in [1.29, 1.82) is 0 Å². The number of anilines is 2. The minimum Gasteiger partial charge on any atom is -0.462 e. The van der Waals surface area contributed by atoms with E-state index in [1.54, 1.807) is 36.4 Å². The minimum atomic E-state index is -1.47. The number of aliphatic hydroxyl groups excluding tert-OH is 3. The molecule has 1 saturated heterocycles. The number of aliphatic hydroxyl groups is 3. The summed E-state index contributed by atoms with van der Waals surface area (Å²) < 4.78 is 11.6. The lowest BCUT2D eigenvalue weighted by Gasteiger charge is -2.17. The van der Waals surface area contributed by atoms with Gasteiger partial charge < -0.3 is 41.2 Å². The largest absolute Gasteiger partial charge is 0.462 e. The molecule has 1 aliphatic rings. The number of carbonyl (C=O) groups is 3. The summed E-state index contributed by atoms with van der Waals surface area (Å²) in [6, 6.07) is 14.2. The molecule has 2 heterocycles. The molecule has 0 unspecified atom stereocenters. The minimum absolute atomic E-state index is 0.0155. The van der Waals surface area contributed by atoms with Crippen LogP contribution in [-0.4, -0.2) is 80.7 Å². The van der Waals surface area contributed by atoms with Gasteiger partial charge in [0.05, 0.1) is 29.9 Å². The van der Waals surface area contributed by atoms with Crippen LogP contribution in [0.25, 0.3) is 0 Å². The average molecular weight is 610 g/mol. The second-order valence-electron chi connectivity index (χ2n) is 10.1. The highest BCUT2D eigenvalue weighted by molar-refractivity contribution is 6.10. The van der Waals surface area contributed by atoms with Crippen molar-refractivity contribution in [2.75, 3.05) is 30.8 Å². The summed E-state index contributed by atoms with van der Waals surface area (Å²) >= 11 is 0. The molecule has 1 fully saturated rings. The molecule has 234 valence electrons. The van der Waals surface area contributed by atoms with E-state index in [2.05, 4.69) is 15.6 Å². The Kier molecular flexibility index (Phi) is 11.2. The third-order valence-electron chi connectivity index (χ3n) is 7.05. The van der Waals surface area contributed by atoms with E-state index in [1.807, 2.05) is 0 Å². The number of amides is 2. The van der Waals surface area contributed by atoms with Crippen LogP contribution in [-0.2, 0) is 9.47 Å². The topological polar surface area (TPSA) is 215 Å². The number of esters is 1. The summed E-state index contributed by atoms with van der Waals surface area (Å²) in [6.07, 6.45) is -1.09. The lowest BCUT2D eigenvalue weighted by molar-refractivity contribution is -0.0549. The van der Waals surface area contributed by atoms with Crippen LogP contribution in [0.2, 0.25) is 0 Å². The summed E-state index contributed by atoms with van der Waals surface area (Å²) in [7, 11) is 0. The maximum atomic E-state index is 13.0. The predicted molar refractivity (Wildman–Crippen MR) is 158 cm³/mol. The van der Waals surface area contributed by atoms with E-state index in [1.165, 1.54) is 24.4 Å². The number of benzene rings is 2. The van der Waals surface area contributed by atoms with Crippen molar-refractivity contribution in [1.82, 2.24) is 14.9 Å². The first-order valence-corrected chi connectivity index (χ1v) is 14.1. The third-order valence-corrected chi connectivity index (χ3v) is 7.05. The molecular weight excluding hydrogens is 574 g/mol. The molecule has 14 nitrogen and oxygen atoms in total. The van der Waals surface area contributed by atoms with Crippen molar-refractivity contribution in [2.45, 2.75) is 50.2 Å². The van der Waals surface area contributed by atoms with Crippen molar-refractivity contribution in [3.63, 3.8) is 0 Å². The van der Waals surface area contributed by atoms with Crippen molar-refractivity contribution < 1.29 is 39.2 Å². The Morgan fingerprint density at radius 3 is 2.27 bits per heavy atom. The number of nitrogens with one attached hydrogen (secondary N) is 2. The fraction of sp³-hybridized carbons (Fsp3) is 0.367. The van der Waals surface area contributed by atoms with Gasteiger partial charge in [-0.3, -0.25) is 14.2 Å². The van der Waals surface area contributed by atoms with Gasteiger partial charge in [-0.1, -0.05) is 30.7 Å². The second-order valence-corrected chi connectivity index (χ2v) is 10.1. The normalized spacial score (nSPS) is 19.3. The number of unbranched alkanes of at least 4 members (excludes halogenated alkanes) is 3. The number of nitrogens with zero attached hydrogens (tertiary/aromatic N) is 2. The van der Waals surface area contributed by atoms with Crippen LogP contribution in [0.5, 0.6) is 0 Å². The average Bonchev–Trinajstić information content (AvgIpc) is 3.31. The van der Waals surface area contributed by atoms with Gasteiger partial charge in [-0.05, 0) is 49.6 Å².